The van der Waals surface area contributed by atoms with Crippen molar-refractivity contribution in [1.29, 1.82) is 0 Å². The summed E-state index contributed by atoms with van der Waals surface area (Å²) < 4.78 is 0. The van der Waals surface area contributed by atoms with Crippen LogP contribution in [0.1, 0.15) is 0 Å². The van der Waals surface area contributed by atoms with Gasteiger partial charge in [0.2, 0.25) is 0 Å². The summed E-state index contributed by atoms with van der Waals surface area (Å²) in [6.07, 6.45) is 0. The number of rotatable bonds is 8. The molecule has 0 radical (unpaired) electrons. The summed E-state index contributed by atoms with van der Waals surface area (Å²) in [7, 11) is 0. The van der Waals surface area contributed by atoms with E-state index in [1.54, 1.807) is 0 Å². The van der Waals surface area contributed by atoms with Gasteiger partial charge in [-0.2, -0.15) is 0 Å². The molecular formula is C66H44N2. The largest absolute Gasteiger partial charge is 0.309 e. The van der Waals surface area contributed by atoms with Crippen LogP contribution in [0.2, 0.25) is 0 Å². The molecule has 0 fully saturated rings. The number of hydrogen-bond donors (Lipinski definition) is 0. The zero-order chi connectivity index (χ0) is 45.0. The van der Waals surface area contributed by atoms with E-state index in [4.69, 9.17) is 0 Å². The van der Waals surface area contributed by atoms with Crippen molar-refractivity contribution in [3.8, 4) is 22.3 Å². The van der Waals surface area contributed by atoms with Crippen LogP contribution in [0.15, 0.2) is 267 Å². The van der Waals surface area contributed by atoms with Crippen molar-refractivity contribution < 1.29 is 0 Å². The third-order valence-electron chi connectivity index (χ3n) is 13.8. The molecule has 318 valence electrons. The lowest BCUT2D eigenvalue weighted by Crippen LogP contribution is -2.11. The van der Waals surface area contributed by atoms with Gasteiger partial charge in [0.05, 0.1) is 22.7 Å². The van der Waals surface area contributed by atoms with Gasteiger partial charge in [-0.1, -0.05) is 206 Å². The molecule has 0 bridgehead atoms. The molecule has 0 aliphatic carbocycles. The zero-order valence-electron chi connectivity index (χ0n) is 37.3. The smallest absolute Gasteiger partial charge is 0.0540 e. The van der Waals surface area contributed by atoms with Gasteiger partial charge < -0.3 is 9.80 Å². The number of nitrogens with zero attached hydrogens (tertiary/aromatic N) is 2. The molecule has 0 N–H and O–H groups in total. The molecule has 13 aromatic rings. The Labute approximate surface area is 395 Å². The Morgan fingerprint density at radius 1 is 0.191 bits per heavy atom. The van der Waals surface area contributed by atoms with Crippen molar-refractivity contribution in [3.05, 3.63) is 267 Å². The van der Waals surface area contributed by atoms with Crippen LogP contribution in [-0.4, -0.2) is 0 Å². The lowest BCUT2D eigenvalue weighted by Gasteiger charge is -2.28. The highest BCUT2D eigenvalue weighted by Gasteiger charge is 2.21. The summed E-state index contributed by atoms with van der Waals surface area (Å²) in [6.45, 7) is 0. The van der Waals surface area contributed by atoms with Crippen LogP contribution < -0.4 is 9.80 Å². The van der Waals surface area contributed by atoms with Gasteiger partial charge >= 0.3 is 0 Å². The average Bonchev–Trinajstić information content (AvgIpc) is 3.41. The highest BCUT2D eigenvalue weighted by molar-refractivity contribution is 6.14. The van der Waals surface area contributed by atoms with Gasteiger partial charge in [-0.15, -0.1) is 0 Å². The van der Waals surface area contributed by atoms with Crippen molar-refractivity contribution in [3.63, 3.8) is 0 Å². The average molecular weight is 865 g/mol. The molecule has 0 atom stereocenters. The molecule has 0 unspecified atom stereocenters. The van der Waals surface area contributed by atoms with E-state index in [1.807, 2.05) is 0 Å². The Bertz CT molecular complexity index is 3770. The van der Waals surface area contributed by atoms with E-state index in [0.29, 0.717) is 0 Å². The van der Waals surface area contributed by atoms with Crippen LogP contribution in [0.4, 0.5) is 34.1 Å². The maximum Gasteiger partial charge on any atom is 0.0540 e. The summed E-state index contributed by atoms with van der Waals surface area (Å²) in [4.78, 5) is 4.83. The van der Waals surface area contributed by atoms with E-state index in [0.717, 1.165) is 34.1 Å². The van der Waals surface area contributed by atoms with Crippen molar-refractivity contribution in [2.45, 2.75) is 0 Å². The second kappa shape index (κ2) is 16.5. The molecule has 13 aromatic carbocycles. The Balaban J connectivity index is 0.891. The maximum absolute atomic E-state index is 2.41. The molecule has 0 aliphatic heterocycles. The van der Waals surface area contributed by atoms with Crippen molar-refractivity contribution >= 4 is 98.8 Å². The number of fused-ring (bicyclic) bond motifs is 7. The summed E-state index contributed by atoms with van der Waals surface area (Å²) >= 11 is 0. The summed E-state index contributed by atoms with van der Waals surface area (Å²) in [5, 5.41) is 14.7. The van der Waals surface area contributed by atoms with Gasteiger partial charge in [-0.05, 0) is 126 Å². The van der Waals surface area contributed by atoms with E-state index in [2.05, 4.69) is 277 Å². The van der Waals surface area contributed by atoms with Crippen molar-refractivity contribution in [2.75, 3.05) is 9.80 Å². The van der Waals surface area contributed by atoms with Crippen LogP contribution in [0.3, 0.4) is 0 Å². The lowest BCUT2D eigenvalue weighted by atomic mass is 9.91. The van der Waals surface area contributed by atoms with Gasteiger partial charge in [0.15, 0.2) is 0 Å². The second-order valence-electron chi connectivity index (χ2n) is 17.6. The van der Waals surface area contributed by atoms with Gasteiger partial charge in [0.1, 0.15) is 0 Å². The van der Waals surface area contributed by atoms with Crippen LogP contribution in [0.5, 0.6) is 0 Å². The number of benzene rings is 13. The minimum atomic E-state index is 1.12. The topological polar surface area (TPSA) is 6.48 Å². The number of anilines is 6. The predicted octanol–water partition coefficient (Wildman–Crippen LogP) is 18.9. The minimum Gasteiger partial charge on any atom is -0.309 e. The molecule has 2 heteroatoms. The van der Waals surface area contributed by atoms with Crippen molar-refractivity contribution in [2.24, 2.45) is 0 Å². The van der Waals surface area contributed by atoms with Crippen LogP contribution >= 0.6 is 0 Å². The molecule has 0 aliphatic rings. The summed E-state index contributed by atoms with van der Waals surface area (Å²) in [5.41, 5.74) is 11.7. The third kappa shape index (κ3) is 6.65. The van der Waals surface area contributed by atoms with E-state index < -0.39 is 0 Å². The number of hydrogen-bond acceptors (Lipinski definition) is 2. The first-order chi connectivity index (χ1) is 33.7. The molecule has 0 saturated heterocycles. The molecule has 68 heavy (non-hydrogen) atoms. The highest BCUT2D eigenvalue weighted by Crippen LogP contribution is 2.47. The lowest BCUT2D eigenvalue weighted by molar-refractivity contribution is 1.31. The zero-order valence-corrected chi connectivity index (χ0v) is 37.3. The maximum atomic E-state index is 2.41. The quantitative estimate of drug-likeness (QED) is 0.140. The van der Waals surface area contributed by atoms with E-state index in [1.165, 1.54) is 86.9 Å². The molecule has 0 spiro atoms. The van der Waals surface area contributed by atoms with E-state index in [-0.39, 0.29) is 0 Å². The highest BCUT2D eigenvalue weighted by atomic mass is 15.2. The normalized spacial score (nSPS) is 11.5. The SMILES string of the molecule is c1ccc(N(c2cccc3ccccc23)c2ccc(-c3ccc4c(ccc5cc(-c6ccc(N(c7ccccc7)c7cccc8ccccc78)c7ccccc67)ccc54)c3)c3ccccc23)cc1. The molecule has 0 aromatic heterocycles. The Morgan fingerprint density at radius 2 is 0.544 bits per heavy atom. The fourth-order valence-corrected chi connectivity index (χ4v) is 10.6. The van der Waals surface area contributed by atoms with Gasteiger partial charge in [0, 0.05) is 32.9 Å². The molecule has 2 nitrogen and oxygen atoms in total. The molecule has 0 saturated carbocycles. The van der Waals surface area contributed by atoms with E-state index in [9.17, 15) is 0 Å². The molecule has 0 heterocycles. The summed E-state index contributed by atoms with van der Waals surface area (Å²) in [6, 6.07) is 97.5. The van der Waals surface area contributed by atoms with E-state index >= 15 is 0 Å². The van der Waals surface area contributed by atoms with Crippen LogP contribution in [0.25, 0.3) is 86.9 Å². The fraction of sp³-hybridized carbons (Fsp3) is 0. The number of para-hydroxylation sites is 2. The van der Waals surface area contributed by atoms with Gasteiger partial charge in [-0.3, -0.25) is 0 Å². The minimum absolute atomic E-state index is 1.12. The summed E-state index contributed by atoms with van der Waals surface area (Å²) in [5.74, 6) is 0. The molecular weight excluding hydrogens is 821 g/mol. The Morgan fingerprint density at radius 3 is 0.985 bits per heavy atom. The monoisotopic (exact) mass is 864 g/mol. The first-order valence-corrected chi connectivity index (χ1v) is 23.4. The third-order valence-corrected chi connectivity index (χ3v) is 13.8. The molecule has 0 amide bonds. The Kier molecular flexibility index (Phi) is 9.54. The van der Waals surface area contributed by atoms with Crippen LogP contribution in [0, 0.1) is 0 Å². The molecule has 13 rings (SSSR count). The predicted molar refractivity (Wildman–Crippen MR) is 292 cm³/mol. The Hall–Kier alpha value is -8.98. The fourth-order valence-electron chi connectivity index (χ4n) is 10.6. The van der Waals surface area contributed by atoms with Crippen molar-refractivity contribution in [1.82, 2.24) is 0 Å². The van der Waals surface area contributed by atoms with Gasteiger partial charge in [-0.25, -0.2) is 0 Å². The second-order valence-corrected chi connectivity index (χ2v) is 17.6. The van der Waals surface area contributed by atoms with Gasteiger partial charge in [0.25, 0.3) is 0 Å². The van der Waals surface area contributed by atoms with Crippen LogP contribution in [-0.2, 0) is 0 Å². The standard InChI is InChI=1S/C66H44N2/c1-3-21-51(22-4-1)67(63-31-15-19-45-17-7-9-25-57(45)63)65-41-39-55(59-27-11-13-29-61(59)65)49-35-37-53-47(43-49)33-34-48-44-50(36-38-54(48)53)56-40-42-66(62-30-14-12-28-60(56)62)68(52-23-5-2-6-24-52)64-32-16-20-46-18-8-10-26-58(46)64/h1-44H. The first-order valence-electron chi connectivity index (χ1n) is 23.4. The first kappa shape index (κ1) is 39.4.